The van der Waals surface area contributed by atoms with Crippen LogP contribution in [0.15, 0.2) is 18.2 Å². The van der Waals surface area contributed by atoms with Gasteiger partial charge in [0.2, 0.25) is 0 Å². The van der Waals surface area contributed by atoms with Gasteiger partial charge in [-0.15, -0.1) is 0 Å². The number of benzene rings is 1. The van der Waals surface area contributed by atoms with Crippen molar-refractivity contribution in [2.24, 2.45) is 0 Å². The van der Waals surface area contributed by atoms with Gasteiger partial charge in [0.05, 0.1) is 5.69 Å². The molecule has 0 atom stereocenters. The highest BCUT2D eigenvalue weighted by molar-refractivity contribution is 14.1. The number of halogens is 1. The maximum Gasteiger partial charge on any atom is 0.265 e. The normalized spacial score (nSPS) is 14.2. The van der Waals surface area contributed by atoms with Gasteiger partial charge in [-0.1, -0.05) is 32.6 Å². The first-order chi connectivity index (χ1) is 9.22. The average molecular weight is 373 g/mol. The number of hydrogen-bond donors (Lipinski definition) is 0. The van der Waals surface area contributed by atoms with Crippen LogP contribution in [0.25, 0.3) is 0 Å². The van der Waals surface area contributed by atoms with Crippen molar-refractivity contribution < 1.29 is 9.53 Å². The van der Waals surface area contributed by atoms with Gasteiger partial charge in [-0.05, 0) is 47.2 Å². The monoisotopic (exact) mass is 373 g/mol. The molecule has 0 bridgehead atoms. The van der Waals surface area contributed by atoms with Gasteiger partial charge in [-0.25, -0.2) is 0 Å². The van der Waals surface area contributed by atoms with Crippen LogP contribution in [-0.2, 0) is 4.79 Å². The second-order valence-electron chi connectivity index (χ2n) is 4.86. The van der Waals surface area contributed by atoms with Gasteiger partial charge in [0.1, 0.15) is 5.75 Å². The van der Waals surface area contributed by atoms with Crippen LogP contribution in [0.5, 0.6) is 5.75 Å². The van der Waals surface area contributed by atoms with Crippen LogP contribution in [0.3, 0.4) is 0 Å². The fraction of sp³-hybridized carbons (Fsp3) is 0.533. The maximum atomic E-state index is 12.0. The van der Waals surface area contributed by atoms with Gasteiger partial charge in [0.25, 0.3) is 5.91 Å². The Kier molecular flexibility index (Phi) is 5.48. The summed E-state index contributed by atoms with van der Waals surface area (Å²) in [6, 6.07) is 6.00. The van der Waals surface area contributed by atoms with Crippen molar-refractivity contribution in [3.63, 3.8) is 0 Å². The number of carbonyl (C=O) groups is 1. The fourth-order valence-corrected chi connectivity index (χ4v) is 2.76. The summed E-state index contributed by atoms with van der Waals surface area (Å²) in [5.41, 5.74) is 0.923. The van der Waals surface area contributed by atoms with Gasteiger partial charge in [-0.2, -0.15) is 0 Å². The zero-order chi connectivity index (χ0) is 13.7. The summed E-state index contributed by atoms with van der Waals surface area (Å²) in [6.45, 7) is 3.19. The van der Waals surface area contributed by atoms with E-state index in [1.54, 1.807) is 0 Å². The molecule has 0 saturated carbocycles. The van der Waals surface area contributed by atoms with E-state index in [0.29, 0.717) is 0 Å². The minimum Gasteiger partial charge on any atom is -0.482 e. The van der Waals surface area contributed by atoms with E-state index in [1.807, 2.05) is 23.1 Å². The summed E-state index contributed by atoms with van der Waals surface area (Å²) in [6.07, 6.45) is 6.05. The van der Waals surface area contributed by atoms with Crippen LogP contribution in [-0.4, -0.2) is 19.1 Å². The predicted octanol–water partition coefficient (Wildman–Crippen LogP) is 3.99. The zero-order valence-corrected chi connectivity index (χ0v) is 13.5. The Morgan fingerprint density at radius 1 is 1.26 bits per heavy atom. The fourth-order valence-electron chi connectivity index (χ4n) is 2.30. The molecular formula is C15H20INO2. The lowest BCUT2D eigenvalue weighted by atomic mass is 10.1. The largest absolute Gasteiger partial charge is 0.482 e. The van der Waals surface area contributed by atoms with Gasteiger partial charge in [-0.3, -0.25) is 4.79 Å². The molecule has 1 heterocycles. The van der Waals surface area contributed by atoms with E-state index in [0.717, 1.165) is 28.0 Å². The summed E-state index contributed by atoms with van der Waals surface area (Å²) in [5.74, 6) is 0.907. The second kappa shape index (κ2) is 7.12. The topological polar surface area (TPSA) is 29.5 Å². The SMILES string of the molecule is CCCCCCCN1C(=O)COc2cc(I)ccc21. The smallest absolute Gasteiger partial charge is 0.265 e. The molecule has 0 aromatic heterocycles. The third kappa shape index (κ3) is 3.84. The van der Waals surface area contributed by atoms with E-state index < -0.39 is 0 Å². The first kappa shape index (κ1) is 14.6. The number of anilines is 1. The molecule has 0 spiro atoms. The third-order valence-corrected chi connectivity index (χ3v) is 4.02. The molecule has 0 saturated heterocycles. The number of nitrogens with zero attached hydrogens (tertiary/aromatic N) is 1. The van der Waals surface area contributed by atoms with E-state index in [1.165, 1.54) is 25.7 Å². The summed E-state index contributed by atoms with van der Waals surface area (Å²) < 4.78 is 6.63. The van der Waals surface area contributed by atoms with E-state index >= 15 is 0 Å². The van der Waals surface area contributed by atoms with Crippen molar-refractivity contribution in [2.75, 3.05) is 18.1 Å². The van der Waals surface area contributed by atoms with Crippen LogP contribution in [0.1, 0.15) is 39.0 Å². The lowest BCUT2D eigenvalue weighted by molar-refractivity contribution is -0.121. The highest BCUT2D eigenvalue weighted by Crippen LogP contribution is 2.33. The zero-order valence-electron chi connectivity index (χ0n) is 11.3. The summed E-state index contributed by atoms with van der Waals surface area (Å²) >= 11 is 2.26. The number of hydrogen-bond acceptors (Lipinski definition) is 2. The molecule has 1 aromatic rings. The molecule has 3 nitrogen and oxygen atoms in total. The van der Waals surface area contributed by atoms with Crippen molar-refractivity contribution in [2.45, 2.75) is 39.0 Å². The van der Waals surface area contributed by atoms with Crippen LogP contribution < -0.4 is 9.64 Å². The molecule has 2 rings (SSSR count). The maximum absolute atomic E-state index is 12.0. The Morgan fingerprint density at radius 2 is 2.05 bits per heavy atom. The van der Waals surface area contributed by atoms with Gasteiger partial charge >= 0.3 is 0 Å². The Bertz CT molecular complexity index is 448. The second-order valence-corrected chi connectivity index (χ2v) is 6.11. The number of fused-ring (bicyclic) bond motifs is 1. The van der Waals surface area contributed by atoms with E-state index in [2.05, 4.69) is 29.5 Å². The molecular weight excluding hydrogens is 353 g/mol. The molecule has 0 radical (unpaired) electrons. The average Bonchev–Trinajstić information content (AvgIpc) is 2.41. The molecule has 0 fully saturated rings. The quantitative estimate of drug-likeness (QED) is 0.558. The van der Waals surface area contributed by atoms with Gasteiger partial charge in [0, 0.05) is 10.1 Å². The Labute approximate surface area is 128 Å². The summed E-state index contributed by atoms with van der Waals surface area (Å²) in [5, 5.41) is 0. The molecule has 1 aromatic carbocycles. The van der Waals surface area contributed by atoms with Crippen molar-refractivity contribution >= 4 is 34.2 Å². The number of rotatable bonds is 6. The minimum atomic E-state index is 0.0733. The van der Waals surface area contributed by atoms with Crippen molar-refractivity contribution in [3.8, 4) is 5.75 Å². The Morgan fingerprint density at radius 3 is 2.84 bits per heavy atom. The number of ether oxygens (including phenoxy) is 1. The molecule has 19 heavy (non-hydrogen) atoms. The molecule has 0 N–H and O–H groups in total. The lowest BCUT2D eigenvalue weighted by Gasteiger charge is -2.29. The number of carbonyl (C=O) groups excluding carboxylic acids is 1. The minimum absolute atomic E-state index is 0.0733. The van der Waals surface area contributed by atoms with Crippen LogP contribution in [0.4, 0.5) is 5.69 Å². The predicted molar refractivity (Wildman–Crippen MR) is 85.8 cm³/mol. The van der Waals surface area contributed by atoms with Crippen LogP contribution in [0.2, 0.25) is 0 Å². The highest BCUT2D eigenvalue weighted by Gasteiger charge is 2.24. The van der Waals surface area contributed by atoms with Crippen LogP contribution >= 0.6 is 22.6 Å². The first-order valence-corrected chi connectivity index (χ1v) is 8.03. The number of amides is 1. The highest BCUT2D eigenvalue weighted by atomic mass is 127. The molecule has 0 unspecified atom stereocenters. The lowest BCUT2D eigenvalue weighted by Crippen LogP contribution is -2.39. The van der Waals surface area contributed by atoms with E-state index in [4.69, 9.17) is 4.74 Å². The Hall–Kier alpha value is -0.780. The molecule has 1 amide bonds. The standard InChI is InChI=1S/C15H20INO2/c1-2-3-4-5-6-9-17-13-8-7-12(16)10-14(13)19-11-15(17)18/h7-8,10H,2-6,9,11H2,1H3. The van der Waals surface area contributed by atoms with Crippen LogP contribution in [0, 0.1) is 3.57 Å². The first-order valence-electron chi connectivity index (χ1n) is 6.95. The third-order valence-electron chi connectivity index (χ3n) is 3.35. The van der Waals surface area contributed by atoms with Crippen molar-refractivity contribution in [3.05, 3.63) is 21.8 Å². The molecule has 0 aliphatic carbocycles. The molecule has 4 heteroatoms. The van der Waals surface area contributed by atoms with E-state index in [-0.39, 0.29) is 12.5 Å². The molecule has 1 aliphatic rings. The Balaban J connectivity index is 1.98. The number of unbranched alkanes of at least 4 members (excludes halogenated alkanes) is 4. The summed E-state index contributed by atoms with van der Waals surface area (Å²) in [4.78, 5) is 13.8. The summed E-state index contributed by atoms with van der Waals surface area (Å²) in [7, 11) is 0. The van der Waals surface area contributed by atoms with Crippen molar-refractivity contribution in [1.29, 1.82) is 0 Å². The molecule has 104 valence electrons. The molecule has 1 aliphatic heterocycles. The van der Waals surface area contributed by atoms with Gasteiger partial charge < -0.3 is 9.64 Å². The van der Waals surface area contributed by atoms with Gasteiger partial charge in [0.15, 0.2) is 6.61 Å². The van der Waals surface area contributed by atoms with Crippen molar-refractivity contribution in [1.82, 2.24) is 0 Å². The van der Waals surface area contributed by atoms with E-state index in [9.17, 15) is 4.79 Å².